The topological polar surface area (TPSA) is 92.9 Å². The molecular formula is C16H15N5O2. The van der Waals surface area contributed by atoms with Crippen LogP contribution in [0.25, 0.3) is 5.82 Å². The summed E-state index contributed by atoms with van der Waals surface area (Å²) in [7, 11) is 0. The van der Waals surface area contributed by atoms with Gasteiger partial charge in [0.2, 0.25) is 5.95 Å². The van der Waals surface area contributed by atoms with Crippen LogP contribution < -0.4 is 5.32 Å². The van der Waals surface area contributed by atoms with Crippen molar-refractivity contribution in [2.45, 2.75) is 13.3 Å². The molecule has 2 aromatic heterocycles. The van der Waals surface area contributed by atoms with Crippen LogP contribution in [0.15, 0.2) is 48.7 Å². The molecule has 3 rings (SSSR count). The van der Waals surface area contributed by atoms with Gasteiger partial charge in [0.15, 0.2) is 11.5 Å². The highest BCUT2D eigenvalue weighted by Crippen LogP contribution is 2.15. The first-order chi connectivity index (χ1) is 11.2. The lowest BCUT2D eigenvalue weighted by Crippen LogP contribution is -2.07. The molecule has 3 aromatic rings. The van der Waals surface area contributed by atoms with Gasteiger partial charge in [-0.15, -0.1) is 0 Å². The largest absolute Gasteiger partial charge is 0.476 e. The Morgan fingerprint density at radius 3 is 2.65 bits per heavy atom. The molecule has 7 heteroatoms. The zero-order valence-corrected chi connectivity index (χ0v) is 12.5. The molecule has 0 saturated heterocycles. The molecule has 0 aliphatic carbocycles. The summed E-state index contributed by atoms with van der Waals surface area (Å²) in [6, 6.07) is 12.8. The third kappa shape index (κ3) is 3.34. The van der Waals surface area contributed by atoms with Gasteiger partial charge in [-0.1, -0.05) is 25.1 Å². The summed E-state index contributed by atoms with van der Waals surface area (Å²) in [6.07, 6.45) is 2.30. The molecule has 7 nitrogen and oxygen atoms in total. The fourth-order valence-electron chi connectivity index (χ4n) is 2.05. The van der Waals surface area contributed by atoms with E-state index in [2.05, 4.69) is 20.4 Å². The number of hydrogen-bond acceptors (Lipinski definition) is 5. The van der Waals surface area contributed by atoms with Crippen molar-refractivity contribution >= 4 is 17.6 Å². The van der Waals surface area contributed by atoms with Crippen molar-refractivity contribution in [3.63, 3.8) is 0 Å². The number of hydrogen-bond donors (Lipinski definition) is 2. The number of rotatable bonds is 5. The Kier molecular flexibility index (Phi) is 4.01. The second kappa shape index (κ2) is 6.27. The minimum atomic E-state index is -1.07. The number of benzene rings is 1. The van der Waals surface area contributed by atoms with E-state index in [9.17, 15) is 4.79 Å². The zero-order valence-electron chi connectivity index (χ0n) is 12.5. The number of aromatic carboxylic acids is 1. The maximum Gasteiger partial charge on any atom is 0.356 e. The molecule has 1 aromatic carbocycles. The molecule has 0 saturated carbocycles. The lowest BCUT2D eigenvalue weighted by molar-refractivity contribution is 0.0690. The van der Waals surface area contributed by atoms with Crippen molar-refractivity contribution in [1.29, 1.82) is 0 Å². The quantitative estimate of drug-likeness (QED) is 0.752. The molecule has 0 spiro atoms. The fraction of sp³-hybridized carbons (Fsp3) is 0.125. The van der Waals surface area contributed by atoms with E-state index in [0.29, 0.717) is 11.8 Å². The highest BCUT2D eigenvalue weighted by molar-refractivity contribution is 5.85. The maximum absolute atomic E-state index is 11.0. The monoisotopic (exact) mass is 309 g/mol. The van der Waals surface area contributed by atoms with E-state index in [4.69, 9.17) is 5.11 Å². The van der Waals surface area contributed by atoms with E-state index < -0.39 is 5.97 Å². The van der Waals surface area contributed by atoms with Crippen LogP contribution >= 0.6 is 0 Å². The molecule has 23 heavy (non-hydrogen) atoms. The summed E-state index contributed by atoms with van der Waals surface area (Å²) in [5.74, 6) is -0.114. The maximum atomic E-state index is 11.0. The number of carboxylic acids is 1. The van der Waals surface area contributed by atoms with Crippen molar-refractivity contribution in [3.8, 4) is 5.82 Å². The van der Waals surface area contributed by atoms with E-state index in [0.717, 1.165) is 17.8 Å². The van der Waals surface area contributed by atoms with Gasteiger partial charge in [0, 0.05) is 23.6 Å². The average Bonchev–Trinajstić information content (AvgIpc) is 3.06. The first kappa shape index (κ1) is 14.7. The summed E-state index contributed by atoms with van der Waals surface area (Å²) in [5.41, 5.74) is 1.68. The van der Waals surface area contributed by atoms with Gasteiger partial charge in [-0.3, -0.25) is 0 Å². The van der Waals surface area contributed by atoms with Crippen LogP contribution in [-0.2, 0) is 6.42 Å². The molecule has 0 radical (unpaired) electrons. The summed E-state index contributed by atoms with van der Waals surface area (Å²) in [4.78, 5) is 19.8. The van der Waals surface area contributed by atoms with E-state index in [1.54, 1.807) is 12.3 Å². The predicted octanol–water partition coefficient (Wildman–Crippen LogP) is 2.67. The summed E-state index contributed by atoms with van der Waals surface area (Å²) in [5, 5.41) is 16.1. The fourth-order valence-corrected chi connectivity index (χ4v) is 2.05. The SMILES string of the molecule is CCc1cc(-n2ccc(C(=O)O)n2)nc(Nc2ccccc2)n1. The van der Waals surface area contributed by atoms with E-state index >= 15 is 0 Å². The highest BCUT2D eigenvalue weighted by atomic mass is 16.4. The molecule has 0 atom stereocenters. The lowest BCUT2D eigenvalue weighted by Gasteiger charge is -2.09. The van der Waals surface area contributed by atoms with Crippen LogP contribution in [-0.4, -0.2) is 30.8 Å². The molecule has 0 aliphatic heterocycles. The van der Waals surface area contributed by atoms with Gasteiger partial charge in [-0.05, 0) is 24.6 Å². The van der Waals surface area contributed by atoms with Gasteiger partial charge in [0.1, 0.15) is 0 Å². The van der Waals surface area contributed by atoms with Crippen LogP contribution in [0.3, 0.4) is 0 Å². The number of aryl methyl sites for hydroxylation is 1. The van der Waals surface area contributed by atoms with Crippen molar-refractivity contribution in [3.05, 3.63) is 60.0 Å². The Bertz CT molecular complexity index is 829. The smallest absolute Gasteiger partial charge is 0.356 e. The van der Waals surface area contributed by atoms with Gasteiger partial charge < -0.3 is 10.4 Å². The summed E-state index contributed by atoms with van der Waals surface area (Å²) in [6.45, 7) is 1.99. The van der Waals surface area contributed by atoms with Crippen molar-refractivity contribution < 1.29 is 9.90 Å². The van der Waals surface area contributed by atoms with Crippen LogP contribution in [0.4, 0.5) is 11.6 Å². The van der Waals surface area contributed by atoms with E-state index in [1.165, 1.54) is 10.7 Å². The third-order valence-electron chi connectivity index (χ3n) is 3.20. The van der Waals surface area contributed by atoms with E-state index in [1.807, 2.05) is 37.3 Å². The second-order valence-electron chi connectivity index (χ2n) is 4.84. The number of carboxylic acid groups (broad SMARTS) is 1. The molecule has 0 unspecified atom stereocenters. The van der Waals surface area contributed by atoms with Crippen molar-refractivity contribution in [2.75, 3.05) is 5.32 Å². The minimum absolute atomic E-state index is 0.0285. The standard InChI is InChI=1S/C16H15N5O2/c1-2-11-10-14(21-9-8-13(20-21)15(22)23)19-16(17-11)18-12-6-4-3-5-7-12/h3-10H,2H2,1H3,(H,22,23)(H,17,18,19). The Balaban J connectivity index is 1.96. The van der Waals surface area contributed by atoms with Gasteiger partial charge >= 0.3 is 5.97 Å². The predicted molar refractivity (Wildman–Crippen MR) is 85.2 cm³/mol. The number of anilines is 2. The molecule has 0 fully saturated rings. The van der Waals surface area contributed by atoms with E-state index in [-0.39, 0.29) is 5.69 Å². The van der Waals surface area contributed by atoms with Gasteiger partial charge in [-0.2, -0.15) is 10.1 Å². The van der Waals surface area contributed by atoms with Crippen LogP contribution in [0.5, 0.6) is 0 Å². The Morgan fingerprint density at radius 1 is 1.22 bits per heavy atom. The van der Waals surface area contributed by atoms with Crippen LogP contribution in [0, 0.1) is 0 Å². The van der Waals surface area contributed by atoms with Gasteiger partial charge in [0.25, 0.3) is 0 Å². The Hall–Kier alpha value is -3.22. The normalized spacial score (nSPS) is 10.5. The first-order valence-corrected chi connectivity index (χ1v) is 7.15. The van der Waals surface area contributed by atoms with Crippen LogP contribution in [0.2, 0.25) is 0 Å². The molecule has 0 amide bonds. The van der Waals surface area contributed by atoms with Crippen LogP contribution in [0.1, 0.15) is 23.1 Å². The molecule has 2 heterocycles. The number of nitrogens with zero attached hydrogens (tertiary/aromatic N) is 4. The molecule has 116 valence electrons. The molecule has 0 aliphatic rings. The number of nitrogens with one attached hydrogen (secondary N) is 1. The van der Waals surface area contributed by atoms with Crippen molar-refractivity contribution in [1.82, 2.24) is 19.7 Å². The second-order valence-corrected chi connectivity index (χ2v) is 4.84. The number of aromatic nitrogens is 4. The molecule has 2 N–H and O–H groups in total. The molecule has 0 bridgehead atoms. The van der Waals surface area contributed by atoms with Gasteiger partial charge in [0.05, 0.1) is 0 Å². The number of carbonyl (C=O) groups is 1. The number of para-hydroxylation sites is 1. The van der Waals surface area contributed by atoms with Gasteiger partial charge in [-0.25, -0.2) is 14.5 Å². The Labute approximate surface area is 132 Å². The zero-order chi connectivity index (χ0) is 16.2. The Morgan fingerprint density at radius 2 is 2.00 bits per heavy atom. The lowest BCUT2D eigenvalue weighted by atomic mass is 10.3. The van der Waals surface area contributed by atoms with Crippen molar-refractivity contribution in [2.24, 2.45) is 0 Å². The summed E-state index contributed by atoms with van der Waals surface area (Å²) >= 11 is 0. The highest BCUT2D eigenvalue weighted by Gasteiger charge is 2.11. The summed E-state index contributed by atoms with van der Waals surface area (Å²) < 4.78 is 1.43. The average molecular weight is 309 g/mol. The third-order valence-corrected chi connectivity index (χ3v) is 3.20. The minimum Gasteiger partial charge on any atom is -0.476 e. The molecular weight excluding hydrogens is 294 g/mol. The first-order valence-electron chi connectivity index (χ1n) is 7.15.